The molecule has 3 aromatic rings. The Morgan fingerprint density at radius 1 is 1.28 bits per heavy atom. The van der Waals surface area contributed by atoms with Crippen molar-refractivity contribution < 1.29 is 4.79 Å². The Labute approximate surface area is 145 Å². The lowest BCUT2D eigenvalue weighted by Gasteiger charge is -2.15. The summed E-state index contributed by atoms with van der Waals surface area (Å²) in [6, 6.07) is 10.1. The van der Waals surface area contributed by atoms with Gasteiger partial charge in [-0.05, 0) is 12.0 Å². The van der Waals surface area contributed by atoms with Gasteiger partial charge in [0.2, 0.25) is 0 Å². The van der Waals surface area contributed by atoms with E-state index in [1.165, 1.54) is 0 Å². The number of carbonyl (C=O) groups is 1. The molecule has 0 aliphatic carbocycles. The molecule has 2 aromatic heterocycles. The zero-order valence-corrected chi connectivity index (χ0v) is 13.8. The van der Waals surface area contributed by atoms with Crippen LogP contribution in [0.2, 0.25) is 0 Å². The molecule has 0 spiro atoms. The number of rotatable bonds is 4. The lowest BCUT2D eigenvalue weighted by molar-refractivity contribution is 0.0790. The molecule has 1 atom stereocenters. The van der Waals surface area contributed by atoms with Gasteiger partial charge in [-0.25, -0.2) is 0 Å². The van der Waals surface area contributed by atoms with Gasteiger partial charge in [0, 0.05) is 25.2 Å². The van der Waals surface area contributed by atoms with Gasteiger partial charge in [0.05, 0.1) is 35.9 Å². The van der Waals surface area contributed by atoms with Crippen LogP contribution in [-0.2, 0) is 6.54 Å². The van der Waals surface area contributed by atoms with Crippen LogP contribution in [0.5, 0.6) is 0 Å². The average Bonchev–Trinajstić information content (AvgIpc) is 3.35. The summed E-state index contributed by atoms with van der Waals surface area (Å²) in [6.07, 6.45) is 5.96. The van der Waals surface area contributed by atoms with Crippen molar-refractivity contribution in [2.75, 3.05) is 18.8 Å². The summed E-state index contributed by atoms with van der Waals surface area (Å²) in [4.78, 5) is 14.6. The predicted molar refractivity (Wildman–Crippen MR) is 94.0 cm³/mol. The minimum Gasteiger partial charge on any atom is -0.396 e. The summed E-state index contributed by atoms with van der Waals surface area (Å²) in [5.41, 5.74) is 9.28. The van der Waals surface area contributed by atoms with Gasteiger partial charge in [-0.1, -0.05) is 30.3 Å². The van der Waals surface area contributed by atoms with Crippen molar-refractivity contribution in [2.24, 2.45) is 0 Å². The highest BCUT2D eigenvalue weighted by Gasteiger charge is 2.30. The highest BCUT2D eigenvalue weighted by atomic mass is 16.2. The molecule has 7 heteroatoms. The first-order valence-electron chi connectivity index (χ1n) is 8.35. The van der Waals surface area contributed by atoms with Gasteiger partial charge in [0.15, 0.2) is 0 Å². The van der Waals surface area contributed by atoms with E-state index < -0.39 is 0 Å². The fourth-order valence-corrected chi connectivity index (χ4v) is 3.33. The number of likely N-dealkylation sites (tertiary alicyclic amines) is 1. The van der Waals surface area contributed by atoms with Crippen LogP contribution in [0.1, 0.15) is 34.0 Å². The third-order valence-corrected chi connectivity index (χ3v) is 4.65. The number of nitrogens with two attached hydrogens (primary N) is 1. The molecular formula is C18H20N6O. The number of aromatic amines is 1. The van der Waals surface area contributed by atoms with E-state index >= 15 is 0 Å². The fraction of sp³-hybridized carbons (Fsp3) is 0.278. The molecule has 25 heavy (non-hydrogen) atoms. The molecule has 1 fully saturated rings. The van der Waals surface area contributed by atoms with E-state index in [1.807, 2.05) is 41.4 Å². The number of hydrogen-bond acceptors (Lipinski definition) is 4. The third-order valence-electron chi connectivity index (χ3n) is 4.65. The van der Waals surface area contributed by atoms with Crippen molar-refractivity contribution in [3.8, 4) is 0 Å². The standard InChI is InChI=1S/C18H20N6O/c19-16-9-20-22-17(16)14-6-7-23(11-14)18(25)15-8-21-24(12-15)10-13-4-2-1-3-5-13/h1-5,8-9,12,14H,6-7,10-11,19H2,(H,20,22). The van der Waals surface area contributed by atoms with Crippen LogP contribution in [0, 0.1) is 0 Å². The minimum absolute atomic E-state index is 0.0138. The summed E-state index contributed by atoms with van der Waals surface area (Å²) in [5.74, 6) is 0.228. The summed E-state index contributed by atoms with van der Waals surface area (Å²) in [6.45, 7) is 2.02. The van der Waals surface area contributed by atoms with Crippen LogP contribution in [0.4, 0.5) is 5.69 Å². The summed E-state index contributed by atoms with van der Waals surface area (Å²) >= 11 is 0. The van der Waals surface area contributed by atoms with Crippen LogP contribution in [0.3, 0.4) is 0 Å². The molecule has 3 N–H and O–H groups in total. The van der Waals surface area contributed by atoms with Gasteiger partial charge in [-0.15, -0.1) is 0 Å². The van der Waals surface area contributed by atoms with Crippen molar-refractivity contribution >= 4 is 11.6 Å². The molecule has 1 saturated heterocycles. The number of anilines is 1. The Morgan fingerprint density at radius 3 is 2.88 bits per heavy atom. The van der Waals surface area contributed by atoms with Gasteiger partial charge >= 0.3 is 0 Å². The lowest BCUT2D eigenvalue weighted by atomic mass is 10.0. The van der Waals surface area contributed by atoms with E-state index in [1.54, 1.807) is 17.1 Å². The number of benzene rings is 1. The first kappa shape index (κ1) is 15.4. The fourth-order valence-electron chi connectivity index (χ4n) is 3.33. The van der Waals surface area contributed by atoms with Gasteiger partial charge in [0.25, 0.3) is 5.91 Å². The van der Waals surface area contributed by atoms with E-state index in [9.17, 15) is 4.79 Å². The molecule has 0 saturated carbocycles. The van der Waals surface area contributed by atoms with Crippen molar-refractivity contribution in [3.63, 3.8) is 0 Å². The van der Waals surface area contributed by atoms with Gasteiger partial charge in [-0.3, -0.25) is 14.6 Å². The topological polar surface area (TPSA) is 92.8 Å². The highest BCUT2D eigenvalue weighted by Crippen LogP contribution is 2.29. The van der Waals surface area contributed by atoms with Gasteiger partial charge in [-0.2, -0.15) is 10.2 Å². The Kier molecular flexibility index (Phi) is 3.97. The number of nitrogen functional groups attached to an aromatic ring is 1. The van der Waals surface area contributed by atoms with Crippen molar-refractivity contribution in [1.29, 1.82) is 0 Å². The first-order chi connectivity index (χ1) is 12.2. The molecular weight excluding hydrogens is 316 g/mol. The number of nitrogens with zero attached hydrogens (tertiary/aromatic N) is 4. The molecule has 1 aliphatic rings. The zero-order chi connectivity index (χ0) is 17.2. The second kappa shape index (κ2) is 6.43. The molecule has 128 valence electrons. The second-order valence-electron chi connectivity index (χ2n) is 6.39. The molecule has 4 rings (SSSR count). The molecule has 1 unspecified atom stereocenters. The quantitative estimate of drug-likeness (QED) is 0.760. The lowest BCUT2D eigenvalue weighted by Crippen LogP contribution is -2.28. The van der Waals surface area contributed by atoms with Crippen LogP contribution in [0.15, 0.2) is 48.9 Å². The van der Waals surface area contributed by atoms with Crippen LogP contribution < -0.4 is 5.73 Å². The van der Waals surface area contributed by atoms with Crippen LogP contribution in [-0.4, -0.2) is 43.9 Å². The molecule has 1 amide bonds. The van der Waals surface area contributed by atoms with Crippen LogP contribution in [0.25, 0.3) is 0 Å². The average molecular weight is 336 g/mol. The van der Waals surface area contributed by atoms with E-state index in [2.05, 4.69) is 15.3 Å². The monoisotopic (exact) mass is 336 g/mol. The first-order valence-corrected chi connectivity index (χ1v) is 8.35. The van der Waals surface area contributed by atoms with Crippen molar-refractivity contribution in [1.82, 2.24) is 24.9 Å². The maximum atomic E-state index is 12.7. The second-order valence-corrected chi connectivity index (χ2v) is 6.39. The molecule has 0 radical (unpaired) electrons. The molecule has 0 bridgehead atoms. The van der Waals surface area contributed by atoms with E-state index in [4.69, 9.17) is 5.73 Å². The normalized spacial score (nSPS) is 17.1. The molecule has 1 aromatic carbocycles. The Balaban J connectivity index is 1.43. The third kappa shape index (κ3) is 3.13. The van der Waals surface area contributed by atoms with Crippen molar-refractivity contribution in [2.45, 2.75) is 18.9 Å². The van der Waals surface area contributed by atoms with E-state index in [-0.39, 0.29) is 11.8 Å². The Morgan fingerprint density at radius 2 is 2.12 bits per heavy atom. The number of nitrogens with one attached hydrogen (secondary N) is 1. The molecule has 3 heterocycles. The van der Waals surface area contributed by atoms with E-state index in [0.29, 0.717) is 30.9 Å². The summed E-state index contributed by atoms with van der Waals surface area (Å²) < 4.78 is 1.79. The minimum atomic E-state index is 0.0138. The number of hydrogen-bond donors (Lipinski definition) is 2. The number of H-pyrrole nitrogens is 1. The van der Waals surface area contributed by atoms with Crippen LogP contribution >= 0.6 is 0 Å². The highest BCUT2D eigenvalue weighted by molar-refractivity contribution is 5.94. The summed E-state index contributed by atoms with van der Waals surface area (Å²) in [5, 5.41) is 11.2. The summed E-state index contributed by atoms with van der Waals surface area (Å²) in [7, 11) is 0. The van der Waals surface area contributed by atoms with Crippen molar-refractivity contribution in [3.05, 3.63) is 65.7 Å². The SMILES string of the molecule is Nc1cn[nH]c1C1CCN(C(=O)c2cnn(Cc3ccccc3)c2)C1. The largest absolute Gasteiger partial charge is 0.396 e. The molecule has 7 nitrogen and oxygen atoms in total. The number of aromatic nitrogens is 4. The molecule has 1 aliphatic heterocycles. The smallest absolute Gasteiger partial charge is 0.257 e. The number of amides is 1. The Hall–Kier alpha value is -3.09. The zero-order valence-electron chi connectivity index (χ0n) is 13.8. The van der Waals surface area contributed by atoms with E-state index in [0.717, 1.165) is 17.7 Å². The predicted octanol–water partition coefficient (Wildman–Crippen LogP) is 1.87. The maximum absolute atomic E-state index is 12.7. The van der Waals surface area contributed by atoms with Gasteiger partial charge in [0.1, 0.15) is 0 Å². The maximum Gasteiger partial charge on any atom is 0.257 e. The van der Waals surface area contributed by atoms with Gasteiger partial charge < -0.3 is 10.6 Å². The Bertz CT molecular complexity index is 869. The number of carbonyl (C=O) groups excluding carboxylic acids is 1.